The van der Waals surface area contributed by atoms with Crippen LogP contribution in [0.4, 0.5) is 4.39 Å². The standard InChI is InChI=1S/C12H14BrFN2O/c13-10-4-3-8(6-11(10)14)12(17)16-5-1-2-9(15)7-16/h3-4,6,9H,1-2,5,7,15H2/t9-/m1/s1. The summed E-state index contributed by atoms with van der Waals surface area (Å²) in [5.41, 5.74) is 6.19. The fraction of sp³-hybridized carbons (Fsp3) is 0.417. The van der Waals surface area contributed by atoms with Crippen molar-refractivity contribution in [1.82, 2.24) is 4.90 Å². The first-order valence-electron chi connectivity index (χ1n) is 5.58. The van der Waals surface area contributed by atoms with Crippen LogP contribution in [0.5, 0.6) is 0 Å². The first-order chi connectivity index (χ1) is 8.08. The van der Waals surface area contributed by atoms with Crippen LogP contribution in [0.1, 0.15) is 23.2 Å². The SMILES string of the molecule is N[C@@H]1CCCN(C(=O)c2ccc(Br)c(F)c2)C1. The molecule has 0 bridgehead atoms. The molecule has 1 aliphatic rings. The van der Waals surface area contributed by atoms with Gasteiger partial charge in [0.15, 0.2) is 0 Å². The molecule has 1 aromatic carbocycles. The molecule has 17 heavy (non-hydrogen) atoms. The van der Waals surface area contributed by atoms with E-state index < -0.39 is 5.82 Å². The Labute approximate surface area is 108 Å². The largest absolute Gasteiger partial charge is 0.337 e. The molecule has 1 aromatic rings. The van der Waals surface area contributed by atoms with Crippen molar-refractivity contribution in [3.8, 4) is 0 Å². The van der Waals surface area contributed by atoms with E-state index in [1.165, 1.54) is 6.07 Å². The number of hydrogen-bond acceptors (Lipinski definition) is 2. The molecule has 1 saturated heterocycles. The lowest BCUT2D eigenvalue weighted by molar-refractivity contribution is 0.0708. The lowest BCUT2D eigenvalue weighted by Gasteiger charge is -2.30. The van der Waals surface area contributed by atoms with Crippen molar-refractivity contribution in [3.05, 3.63) is 34.1 Å². The molecule has 3 nitrogen and oxygen atoms in total. The third kappa shape index (κ3) is 2.84. The molecule has 0 spiro atoms. The van der Waals surface area contributed by atoms with Crippen molar-refractivity contribution < 1.29 is 9.18 Å². The average Bonchev–Trinajstić information content (AvgIpc) is 2.32. The zero-order chi connectivity index (χ0) is 12.4. The van der Waals surface area contributed by atoms with Crippen LogP contribution in [-0.4, -0.2) is 29.9 Å². The number of carbonyl (C=O) groups is 1. The van der Waals surface area contributed by atoms with Crippen LogP contribution in [0.3, 0.4) is 0 Å². The van der Waals surface area contributed by atoms with Crippen LogP contribution in [-0.2, 0) is 0 Å². The summed E-state index contributed by atoms with van der Waals surface area (Å²) in [5, 5.41) is 0. The number of piperidine rings is 1. The van der Waals surface area contributed by atoms with Gasteiger partial charge in [0, 0.05) is 24.7 Å². The molecule has 0 unspecified atom stereocenters. The number of rotatable bonds is 1. The van der Waals surface area contributed by atoms with E-state index in [1.54, 1.807) is 17.0 Å². The summed E-state index contributed by atoms with van der Waals surface area (Å²) in [5.74, 6) is -0.566. The molecule has 0 aliphatic carbocycles. The highest BCUT2D eigenvalue weighted by atomic mass is 79.9. The number of hydrogen-bond donors (Lipinski definition) is 1. The Kier molecular flexibility index (Phi) is 3.79. The summed E-state index contributed by atoms with van der Waals surface area (Å²) in [6.07, 6.45) is 1.85. The van der Waals surface area contributed by atoms with E-state index in [0.29, 0.717) is 23.1 Å². The lowest BCUT2D eigenvalue weighted by Crippen LogP contribution is -2.45. The van der Waals surface area contributed by atoms with Gasteiger partial charge in [0.1, 0.15) is 5.82 Å². The Morgan fingerprint density at radius 3 is 2.94 bits per heavy atom. The second kappa shape index (κ2) is 5.14. The minimum atomic E-state index is -0.419. The van der Waals surface area contributed by atoms with E-state index in [2.05, 4.69) is 15.9 Å². The molecule has 0 aromatic heterocycles. The van der Waals surface area contributed by atoms with E-state index in [0.717, 1.165) is 12.8 Å². The van der Waals surface area contributed by atoms with Crippen molar-refractivity contribution in [2.45, 2.75) is 18.9 Å². The van der Waals surface area contributed by atoms with Gasteiger partial charge in [-0.2, -0.15) is 0 Å². The van der Waals surface area contributed by atoms with Gasteiger partial charge in [-0.15, -0.1) is 0 Å². The molecule has 1 atom stereocenters. The van der Waals surface area contributed by atoms with Gasteiger partial charge in [-0.05, 0) is 47.0 Å². The van der Waals surface area contributed by atoms with Crippen molar-refractivity contribution in [3.63, 3.8) is 0 Å². The van der Waals surface area contributed by atoms with Crippen molar-refractivity contribution in [2.75, 3.05) is 13.1 Å². The van der Waals surface area contributed by atoms with E-state index in [4.69, 9.17) is 5.73 Å². The Bertz CT molecular complexity index is 439. The molecule has 5 heteroatoms. The lowest BCUT2D eigenvalue weighted by atomic mass is 10.1. The molecule has 0 saturated carbocycles. The Morgan fingerprint density at radius 1 is 1.53 bits per heavy atom. The van der Waals surface area contributed by atoms with E-state index in [1.807, 2.05) is 0 Å². The number of nitrogens with zero attached hydrogens (tertiary/aromatic N) is 1. The molecule has 1 aliphatic heterocycles. The second-order valence-corrected chi connectivity index (χ2v) is 5.14. The maximum atomic E-state index is 13.3. The van der Waals surface area contributed by atoms with Crippen LogP contribution in [0.25, 0.3) is 0 Å². The van der Waals surface area contributed by atoms with Gasteiger partial charge in [0.2, 0.25) is 0 Å². The molecule has 1 fully saturated rings. The van der Waals surface area contributed by atoms with Crippen molar-refractivity contribution >= 4 is 21.8 Å². The monoisotopic (exact) mass is 300 g/mol. The van der Waals surface area contributed by atoms with Gasteiger partial charge in [0.05, 0.1) is 4.47 Å². The summed E-state index contributed by atoms with van der Waals surface area (Å²) in [6, 6.07) is 4.46. The van der Waals surface area contributed by atoms with E-state index >= 15 is 0 Å². The van der Waals surface area contributed by atoms with Crippen LogP contribution in [0, 0.1) is 5.82 Å². The predicted molar refractivity (Wildman–Crippen MR) is 67.2 cm³/mol. The van der Waals surface area contributed by atoms with Crippen molar-refractivity contribution in [2.24, 2.45) is 5.73 Å². The van der Waals surface area contributed by atoms with E-state index in [-0.39, 0.29) is 11.9 Å². The van der Waals surface area contributed by atoms with Crippen LogP contribution < -0.4 is 5.73 Å². The molecule has 2 rings (SSSR count). The minimum absolute atomic E-state index is 0.0352. The predicted octanol–water partition coefficient (Wildman–Crippen LogP) is 2.15. The fourth-order valence-electron chi connectivity index (χ4n) is 2.01. The smallest absolute Gasteiger partial charge is 0.254 e. The summed E-state index contributed by atoms with van der Waals surface area (Å²) in [6.45, 7) is 1.25. The summed E-state index contributed by atoms with van der Waals surface area (Å²) in [4.78, 5) is 13.8. The topological polar surface area (TPSA) is 46.3 Å². The number of likely N-dealkylation sites (tertiary alicyclic amines) is 1. The number of halogens is 2. The van der Waals surface area contributed by atoms with Gasteiger partial charge in [-0.3, -0.25) is 4.79 Å². The first-order valence-corrected chi connectivity index (χ1v) is 6.37. The Hall–Kier alpha value is -0.940. The van der Waals surface area contributed by atoms with Gasteiger partial charge >= 0.3 is 0 Å². The van der Waals surface area contributed by atoms with Crippen LogP contribution >= 0.6 is 15.9 Å². The average molecular weight is 301 g/mol. The molecule has 1 amide bonds. The Morgan fingerprint density at radius 2 is 2.29 bits per heavy atom. The quantitative estimate of drug-likeness (QED) is 0.864. The number of amides is 1. The minimum Gasteiger partial charge on any atom is -0.337 e. The van der Waals surface area contributed by atoms with Crippen LogP contribution in [0.2, 0.25) is 0 Å². The van der Waals surface area contributed by atoms with E-state index in [9.17, 15) is 9.18 Å². The summed E-state index contributed by atoms with van der Waals surface area (Å²) in [7, 11) is 0. The molecule has 0 radical (unpaired) electrons. The number of nitrogens with two attached hydrogens (primary N) is 1. The summed E-state index contributed by atoms with van der Waals surface area (Å²) >= 11 is 3.06. The number of carbonyl (C=O) groups excluding carboxylic acids is 1. The van der Waals surface area contributed by atoms with Gasteiger partial charge in [-0.1, -0.05) is 0 Å². The first kappa shape index (κ1) is 12.5. The molecule has 92 valence electrons. The highest BCUT2D eigenvalue weighted by Gasteiger charge is 2.22. The van der Waals surface area contributed by atoms with Crippen LogP contribution in [0.15, 0.2) is 22.7 Å². The Balaban J connectivity index is 2.15. The maximum absolute atomic E-state index is 13.3. The van der Waals surface area contributed by atoms with Gasteiger partial charge in [0.25, 0.3) is 5.91 Å². The number of benzene rings is 1. The highest BCUT2D eigenvalue weighted by molar-refractivity contribution is 9.10. The van der Waals surface area contributed by atoms with Gasteiger partial charge in [-0.25, -0.2) is 4.39 Å². The zero-order valence-corrected chi connectivity index (χ0v) is 10.9. The van der Waals surface area contributed by atoms with Gasteiger partial charge < -0.3 is 10.6 Å². The maximum Gasteiger partial charge on any atom is 0.254 e. The third-order valence-electron chi connectivity index (χ3n) is 2.91. The molecular formula is C12H14BrFN2O. The second-order valence-electron chi connectivity index (χ2n) is 4.28. The molecular weight excluding hydrogens is 287 g/mol. The van der Waals surface area contributed by atoms with Crippen molar-refractivity contribution in [1.29, 1.82) is 0 Å². The fourth-order valence-corrected chi connectivity index (χ4v) is 2.25. The molecule has 2 N–H and O–H groups in total. The summed E-state index contributed by atoms with van der Waals surface area (Å²) < 4.78 is 13.7. The highest BCUT2D eigenvalue weighted by Crippen LogP contribution is 2.19. The zero-order valence-electron chi connectivity index (χ0n) is 9.33. The molecule has 1 heterocycles. The normalized spacial score (nSPS) is 20.4. The third-order valence-corrected chi connectivity index (χ3v) is 3.55.